The maximum Gasteiger partial charge on any atom is 0.253 e. The smallest absolute Gasteiger partial charge is 0.253 e. The molecule has 0 aromatic heterocycles. The molecule has 1 aromatic rings. The van der Waals surface area contributed by atoms with E-state index in [1.54, 1.807) is 0 Å². The third-order valence-electron chi connectivity index (χ3n) is 4.51. The number of aryl methyl sites for hydroxylation is 1. The van der Waals surface area contributed by atoms with Gasteiger partial charge in [-0.2, -0.15) is 0 Å². The van der Waals surface area contributed by atoms with E-state index >= 15 is 0 Å². The number of nitrogens with zero attached hydrogens (tertiary/aromatic N) is 1. The van der Waals surface area contributed by atoms with Crippen LogP contribution in [0, 0.1) is 12.8 Å². The molecule has 0 radical (unpaired) electrons. The van der Waals surface area contributed by atoms with Gasteiger partial charge in [-0.15, -0.1) is 0 Å². The first kappa shape index (κ1) is 18.5. The largest absolute Gasteiger partial charge is 0.354 e. The highest BCUT2D eigenvalue weighted by Crippen LogP contribution is 2.19. The molecule has 0 bridgehead atoms. The summed E-state index contributed by atoms with van der Waals surface area (Å²) in [6.45, 7) is 8.85. The SMILES string of the molecule is CCN[C@H](C)CNC(=O)C1CCCN(C(=O)c2ccc(C)cc2)C1. The fraction of sp³-hybridized carbons (Fsp3) is 0.579. The Morgan fingerprint density at radius 3 is 2.67 bits per heavy atom. The van der Waals surface area contributed by atoms with Gasteiger partial charge in [-0.05, 0) is 45.4 Å². The molecule has 2 amide bonds. The first-order valence-corrected chi connectivity index (χ1v) is 8.88. The zero-order valence-corrected chi connectivity index (χ0v) is 15.0. The molecule has 1 heterocycles. The first-order valence-electron chi connectivity index (χ1n) is 8.88. The molecule has 5 heteroatoms. The van der Waals surface area contributed by atoms with E-state index in [2.05, 4.69) is 17.6 Å². The molecular formula is C19H29N3O2. The Labute approximate surface area is 144 Å². The van der Waals surface area contributed by atoms with Crippen LogP contribution in [0.3, 0.4) is 0 Å². The second-order valence-corrected chi connectivity index (χ2v) is 6.66. The fourth-order valence-electron chi connectivity index (χ4n) is 3.07. The zero-order chi connectivity index (χ0) is 17.5. The summed E-state index contributed by atoms with van der Waals surface area (Å²) < 4.78 is 0. The van der Waals surface area contributed by atoms with E-state index in [0.717, 1.165) is 31.5 Å². The maximum absolute atomic E-state index is 12.6. The van der Waals surface area contributed by atoms with Crippen LogP contribution in [-0.4, -0.2) is 48.9 Å². The average Bonchev–Trinajstić information content (AvgIpc) is 2.60. The Morgan fingerprint density at radius 2 is 2.00 bits per heavy atom. The summed E-state index contributed by atoms with van der Waals surface area (Å²) in [7, 11) is 0. The maximum atomic E-state index is 12.6. The Balaban J connectivity index is 1.90. The molecule has 1 aromatic carbocycles. The summed E-state index contributed by atoms with van der Waals surface area (Å²) in [5.41, 5.74) is 1.83. The van der Waals surface area contributed by atoms with Crippen LogP contribution in [0.25, 0.3) is 0 Å². The molecule has 24 heavy (non-hydrogen) atoms. The van der Waals surface area contributed by atoms with Gasteiger partial charge in [0.05, 0.1) is 5.92 Å². The van der Waals surface area contributed by atoms with Gasteiger partial charge in [-0.25, -0.2) is 0 Å². The molecule has 1 unspecified atom stereocenters. The summed E-state index contributed by atoms with van der Waals surface area (Å²) in [4.78, 5) is 26.8. The predicted molar refractivity (Wildman–Crippen MR) is 96.0 cm³/mol. The third kappa shape index (κ3) is 5.06. The highest BCUT2D eigenvalue weighted by Gasteiger charge is 2.28. The number of hydrogen-bond donors (Lipinski definition) is 2. The van der Waals surface area contributed by atoms with Crippen molar-refractivity contribution in [1.29, 1.82) is 0 Å². The van der Waals surface area contributed by atoms with Crippen LogP contribution < -0.4 is 10.6 Å². The number of piperidine rings is 1. The van der Waals surface area contributed by atoms with Crippen molar-refractivity contribution in [3.8, 4) is 0 Å². The molecule has 2 atom stereocenters. The Hall–Kier alpha value is -1.88. The second kappa shape index (κ2) is 8.83. The fourth-order valence-corrected chi connectivity index (χ4v) is 3.07. The molecule has 5 nitrogen and oxygen atoms in total. The van der Waals surface area contributed by atoms with Crippen LogP contribution in [0.5, 0.6) is 0 Å². The quantitative estimate of drug-likeness (QED) is 0.838. The molecule has 2 rings (SSSR count). The van der Waals surface area contributed by atoms with Crippen molar-refractivity contribution in [3.63, 3.8) is 0 Å². The van der Waals surface area contributed by atoms with Crippen LogP contribution in [0.2, 0.25) is 0 Å². The Kier molecular flexibility index (Phi) is 6.79. The van der Waals surface area contributed by atoms with Crippen molar-refractivity contribution >= 4 is 11.8 Å². The number of amides is 2. The monoisotopic (exact) mass is 331 g/mol. The molecule has 0 aliphatic carbocycles. The van der Waals surface area contributed by atoms with E-state index in [4.69, 9.17) is 0 Å². The van der Waals surface area contributed by atoms with Crippen molar-refractivity contribution in [1.82, 2.24) is 15.5 Å². The number of nitrogens with one attached hydrogen (secondary N) is 2. The van der Waals surface area contributed by atoms with Gasteiger partial charge in [0, 0.05) is 31.2 Å². The number of likely N-dealkylation sites (tertiary alicyclic amines) is 1. The van der Waals surface area contributed by atoms with Crippen molar-refractivity contribution in [3.05, 3.63) is 35.4 Å². The average molecular weight is 331 g/mol. The van der Waals surface area contributed by atoms with Crippen LogP contribution in [0.4, 0.5) is 0 Å². The van der Waals surface area contributed by atoms with Gasteiger partial charge in [0.15, 0.2) is 0 Å². The van der Waals surface area contributed by atoms with Gasteiger partial charge in [-0.1, -0.05) is 24.6 Å². The molecule has 1 fully saturated rings. The van der Waals surface area contributed by atoms with Gasteiger partial charge >= 0.3 is 0 Å². The van der Waals surface area contributed by atoms with Gasteiger partial charge < -0.3 is 15.5 Å². The van der Waals surface area contributed by atoms with Crippen LogP contribution >= 0.6 is 0 Å². The van der Waals surface area contributed by atoms with Gasteiger partial charge in [-0.3, -0.25) is 9.59 Å². The minimum atomic E-state index is -0.109. The van der Waals surface area contributed by atoms with Crippen LogP contribution in [0.1, 0.15) is 42.6 Å². The lowest BCUT2D eigenvalue weighted by atomic mass is 9.96. The minimum Gasteiger partial charge on any atom is -0.354 e. The molecule has 0 spiro atoms. The lowest BCUT2D eigenvalue weighted by Crippen LogP contribution is -2.47. The number of carbonyl (C=O) groups is 2. The van der Waals surface area contributed by atoms with Crippen molar-refractivity contribution in [2.45, 2.75) is 39.7 Å². The van der Waals surface area contributed by atoms with E-state index in [9.17, 15) is 9.59 Å². The summed E-state index contributed by atoms with van der Waals surface area (Å²) in [5, 5.41) is 6.28. The number of hydrogen-bond acceptors (Lipinski definition) is 3. The highest BCUT2D eigenvalue weighted by molar-refractivity contribution is 5.94. The van der Waals surface area contributed by atoms with Gasteiger partial charge in [0.2, 0.25) is 5.91 Å². The molecular weight excluding hydrogens is 302 g/mol. The molecule has 0 saturated carbocycles. The summed E-state index contributed by atoms with van der Waals surface area (Å²) in [6.07, 6.45) is 1.72. The number of benzene rings is 1. The molecule has 1 saturated heterocycles. The van der Waals surface area contributed by atoms with Crippen molar-refractivity contribution in [2.75, 3.05) is 26.2 Å². The second-order valence-electron chi connectivity index (χ2n) is 6.66. The van der Waals surface area contributed by atoms with E-state index in [-0.39, 0.29) is 23.8 Å². The van der Waals surface area contributed by atoms with E-state index in [0.29, 0.717) is 18.7 Å². The Morgan fingerprint density at radius 1 is 1.29 bits per heavy atom. The molecule has 1 aliphatic heterocycles. The lowest BCUT2D eigenvalue weighted by Gasteiger charge is -2.32. The minimum absolute atomic E-state index is 0.0218. The van der Waals surface area contributed by atoms with E-state index in [1.165, 1.54) is 0 Å². The van der Waals surface area contributed by atoms with Crippen LogP contribution in [-0.2, 0) is 4.79 Å². The Bertz CT molecular complexity index is 556. The topological polar surface area (TPSA) is 61.4 Å². The zero-order valence-electron chi connectivity index (χ0n) is 15.0. The predicted octanol–water partition coefficient (Wildman–Crippen LogP) is 1.96. The molecule has 1 aliphatic rings. The third-order valence-corrected chi connectivity index (χ3v) is 4.51. The lowest BCUT2D eigenvalue weighted by molar-refractivity contribution is -0.126. The standard InChI is InChI=1S/C19H29N3O2/c1-4-20-15(3)12-21-18(23)17-6-5-11-22(13-17)19(24)16-9-7-14(2)8-10-16/h7-10,15,17,20H,4-6,11-13H2,1-3H3,(H,21,23)/t15-,17?/m1/s1. The highest BCUT2D eigenvalue weighted by atomic mass is 16.2. The normalized spacial score (nSPS) is 19.0. The van der Waals surface area contributed by atoms with Crippen molar-refractivity contribution < 1.29 is 9.59 Å². The molecule has 132 valence electrons. The summed E-state index contributed by atoms with van der Waals surface area (Å²) in [5.74, 6) is -0.0309. The first-order chi connectivity index (χ1) is 11.5. The number of carbonyl (C=O) groups excluding carboxylic acids is 2. The number of rotatable bonds is 6. The molecule has 2 N–H and O–H groups in total. The summed E-state index contributed by atoms with van der Waals surface area (Å²) in [6, 6.07) is 7.87. The van der Waals surface area contributed by atoms with Crippen LogP contribution in [0.15, 0.2) is 24.3 Å². The summed E-state index contributed by atoms with van der Waals surface area (Å²) >= 11 is 0. The van der Waals surface area contributed by atoms with E-state index < -0.39 is 0 Å². The number of likely N-dealkylation sites (N-methyl/N-ethyl adjacent to an activating group) is 1. The van der Waals surface area contributed by atoms with Gasteiger partial charge in [0.1, 0.15) is 0 Å². The van der Waals surface area contributed by atoms with Crippen molar-refractivity contribution in [2.24, 2.45) is 5.92 Å². The van der Waals surface area contributed by atoms with E-state index in [1.807, 2.05) is 43.0 Å². The van der Waals surface area contributed by atoms with Gasteiger partial charge in [0.25, 0.3) is 5.91 Å².